The molecule has 0 aliphatic rings. The summed E-state index contributed by atoms with van der Waals surface area (Å²) in [7, 11) is 1.49. The summed E-state index contributed by atoms with van der Waals surface area (Å²) < 4.78 is 20.9. The third kappa shape index (κ3) is 5.02. The fourth-order valence-corrected chi connectivity index (χ4v) is 4.15. The number of rotatable bonds is 7. The van der Waals surface area contributed by atoms with E-state index in [2.05, 4.69) is 5.32 Å². The molecule has 0 unspecified atom stereocenters. The number of aromatic nitrogens is 1. The molecule has 1 amide bonds. The van der Waals surface area contributed by atoms with E-state index < -0.39 is 17.3 Å². The topological polar surface area (TPSA) is 84.1 Å². The van der Waals surface area contributed by atoms with Crippen molar-refractivity contribution in [2.24, 2.45) is 0 Å². The Morgan fingerprint density at radius 1 is 1.25 bits per heavy atom. The Labute approximate surface area is 188 Å². The molecule has 6 nitrogen and oxygen atoms in total. The van der Waals surface area contributed by atoms with Crippen LogP contribution < -0.4 is 20.1 Å². The van der Waals surface area contributed by atoms with Crippen LogP contribution in [-0.2, 0) is 16.0 Å². The molecule has 0 fully saturated rings. The van der Waals surface area contributed by atoms with Crippen molar-refractivity contribution in [3.05, 3.63) is 85.0 Å². The van der Waals surface area contributed by atoms with Gasteiger partial charge in [-0.15, -0.1) is 11.3 Å². The molecular formula is C24H22FN3O3S. The number of carbonyl (C=O) groups excluding carboxylic acids is 1. The second kappa shape index (κ2) is 10.7. The maximum Gasteiger partial charge on any atom is 0.273 e. The maximum atomic E-state index is 14.6. The molecule has 1 heterocycles. The first-order valence-electron chi connectivity index (χ1n) is 9.99. The Hall–Kier alpha value is -3.54. The minimum absolute atomic E-state index is 0.0258. The standard InChI is InChI=1S/C24H22FN3O3S/c1-3-16-8-10-17(11-9-16)14-21-23(30)28(20-7-5-4-6-19(20)25)24(32-21)18(15-26)22(29)27-12-13-31-2/h4-11,14H,3,12-13H2,1-2H3,(H,27,29)/b21-14-,24-18-. The zero-order valence-electron chi connectivity index (χ0n) is 17.7. The fraction of sp³-hybridized carbons (Fsp3) is 0.208. The van der Waals surface area contributed by atoms with E-state index in [1.165, 1.54) is 25.3 Å². The maximum absolute atomic E-state index is 14.6. The first-order valence-corrected chi connectivity index (χ1v) is 10.8. The highest BCUT2D eigenvalue weighted by molar-refractivity contribution is 7.07. The molecule has 0 spiro atoms. The van der Waals surface area contributed by atoms with Gasteiger partial charge in [-0.3, -0.25) is 14.2 Å². The SMILES string of the molecule is CCc1ccc(/C=c2\s/c(=C(/C#N)C(=O)NCCOC)n(-c3ccccc3F)c2=O)cc1. The average molecular weight is 452 g/mol. The summed E-state index contributed by atoms with van der Waals surface area (Å²) in [5.41, 5.74) is 1.14. The van der Waals surface area contributed by atoms with Crippen molar-refractivity contribution < 1.29 is 13.9 Å². The largest absolute Gasteiger partial charge is 0.383 e. The quantitative estimate of drug-likeness (QED) is 0.556. The summed E-state index contributed by atoms with van der Waals surface area (Å²) in [6, 6.07) is 15.3. The van der Waals surface area contributed by atoms with Crippen LogP contribution in [0, 0.1) is 17.1 Å². The van der Waals surface area contributed by atoms with Gasteiger partial charge >= 0.3 is 0 Å². The van der Waals surface area contributed by atoms with E-state index in [9.17, 15) is 19.2 Å². The highest BCUT2D eigenvalue weighted by atomic mass is 32.1. The van der Waals surface area contributed by atoms with Gasteiger partial charge in [0.2, 0.25) is 0 Å². The number of aryl methyl sites for hydroxylation is 1. The number of nitriles is 1. The first kappa shape index (κ1) is 23.1. The number of nitrogens with one attached hydrogen (secondary N) is 1. The molecule has 1 aromatic heterocycles. The number of nitrogens with zero attached hydrogens (tertiary/aromatic N) is 2. The predicted molar refractivity (Wildman–Crippen MR) is 122 cm³/mol. The first-order chi connectivity index (χ1) is 15.5. The zero-order chi connectivity index (χ0) is 23.1. The number of amides is 1. The Bertz CT molecular complexity index is 1330. The molecule has 164 valence electrons. The number of carbonyl (C=O) groups is 1. The lowest BCUT2D eigenvalue weighted by atomic mass is 10.1. The molecular weight excluding hydrogens is 429 g/mol. The van der Waals surface area contributed by atoms with Crippen LogP contribution >= 0.6 is 11.3 Å². The molecule has 0 bridgehead atoms. The van der Waals surface area contributed by atoms with Gasteiger partial charge in [-0.1, -0.05) is 43.3 Å². The summed E-state index contributed by atoms with van der Waals surface area (Å²) in [4.78, 5) is 25.9. The monoisotopic (exact) mass is 451 g/mol. The third-order valence-corrected chi connectivity index (χ3v) is 5.84. The van der Waals surface area contributed by atoms with E-state index in [0.29, 0.717) is 0 Å². The van der Waals surface area contributed by atoms with Gasteiger partial charge < -0.3 is 10.1 Å². The lowest BCUT2D eigenvalue weighted by Gasteiger charge is -2.06. The molecule has 0 atom stereocenters. The Balaban J connectivity index is 2.28. The molecule has 2 aromatic carbocycles. The van der Waals surface area contributed by atoms with E-state index in [1.807, 2.05) is 37.3 Å². The number of halogens is 1. The van der Waals surface area contributed by atoms with Crippen molar-refractivity contribution in [2.75, 3.05) is 20.3 Å². The Morgan fingerprint density at radius 2 is 1.97 bits per heavy atom. The van der Waals surface area contributed by atoms with Gasteiger partial charge in [0, 0.05) is 13.7 Å². The van der Waals surface area contributed by atoms with Crippen LogP contribution in [0.2, 0.25) is 0 Å². The van der Waals surface area contributed by atoms with Gasteiger partial charge in [0.05, 0.1) is 16.8 Å². The number of hydrogen-bond donors (Lipinski definition) is 1. The zero-order valence-corrected chi connectivity index (χ0v) is 18.5. The molecule has 3 aromatic rings. The van der Waals surface area contributed by atoms with E-state index in [-0.39, 0.29) is 33.6 Å². The highest BCUT2D eigenvalue weighted by Crippen LogP contribution is 2.10. The molecule has 0 aliphatic heterocycles. The van der Waals surface area contributed by atoms with Crippen LogP contribution in [0.1, 0.15) is 18.1 Å². The minimum Gasteiger partial charge on any atom is -0.383 e. The van der Waals surface area contributed by atoms with E-state index in [4.69, 9.17) is 4.74 Å². The second-order valence-electron chi connectivity index (χ2n) is 6.84. The normalized spacial score (nSPS) is 12.4. The molecule has 0 saturated carbocycles. The van der Waals surface area contributed by atoms with Crippen LogP contribution in [0.4, 0.5) is 4.39 Å². The van der Waals surface area contributed by atoms with Gasteiger partial charge in [0.15, 0.2) is 5.57 Å². The fourth-order valence-electron chi connectivity index (χ4n) is 3.05. The summed E-state index contributed by atoms with van der Waals surface area (Å²) in [5, 5.41) is 12.3. The highest BCUT2D eigenvalue weighted by Gasteiger charge is 2.18. The van der Waals surface area contributed by atoms with Crippen LogP contribution in [0.5, 0.6) is 0 Å². The molecule has 3 rings (SSSR count). The lowest BCUT2D eigenvalue weighted by Crippen LogP contribution is -2.35. The molecule has 1 N–H and O–H groups in total. The minimum atomic E-state index is -0.658. The number of hydrogen-bond acceptors (Lipinski definition) is 5. The lowest BCUT2D eigenvalue weighted by molar-refractivity contribution is -0.115. The van der Waals surface area contributed by atoms with E-state index in [0.717, 1.165) is 33.5 Å². The molecule has 32 heavy (non-hydrogen) atoms. The van der Waals surface area contributed by atoms with Gasteiger partial charge in [-0.25, -0.2) is 4.39 Å². The number of benzene rings is 2. The Kier molecular flexibility index (Phi) is 7.71. The van der Waals surface area contributed by atoms with Crippen molar-refractivity contribution in [1.82, 2.24) is 9.88 Å². The Morgan fingerprint density at radius 3 is 2.59 bits per heavy atom. The summed E-state index contributed by atoms with van der Waals surface area (Å²) in [5.74, 6) is -1.29. The molecule has 0 radical (unpaired) electrons. The van der Waals surface area contributed by atoms with Gasteiger partial charge in [-0.05, 0) is 35.8 Å². The van der Waals surface area contributed by atoms with Gasteiger partial charge in [0.25, 0.3) is 11.5 Å². The number of thiazole rings is 1. The summed E-state index contributed by atoms with van der Waals surface area (Å²) >= 11 is 0.971. The summed E-state index contributed by atoms with van der Waals surface area (Å²) in [6.45, 7) is 2.51. The number of methoxy groups -OCH3 is 1. The third-order valence-electron chi connectivity index (χ3n) is 4.75. The number of ether oxygens (including phenoxy) is 1. The van der Waals surface area contributed by atoms with Crippen molar-refractivity contribution in [3.8, 4) is 11.8 Å². The number of para-hydroxylation sites is 1. The second-order valence-corrected chi connectivity index (χ2v) is 7.87. The predicted octanol–water partition coefficient (Wildman–Crippen LogP) is 1.87. The van der Waals surface area contributed by atoms with Crippen molar-refractivity contribution in [2.45, 2.75) is 13.3 Å². The van der Waals surface area contributed by atoms with Crippen molar-refractivity contribution in [3.63, 3.8) is 0 Å². The van der Waals surface area contributed by atoms with Crippen LogP contribution in [-0.4, -0.2) is 30.7 Å². The van der Waals surface area contributed by atoms with E-state index >= 15 is 0 Å². The average Bonchev–Trinajstić information content (AvgIpc) is 3.11. The van der Waals surface area contributed by atoms with Gasteiger partial charge in [0.1, 0.15) is 16.5 Å². The van der Waals surface area contributed by atoms with Crippen molar-refractivity contribution >= 4 is 28.9 Å². The summed E-state index contributed by atoms with van der Waals surface area (Å²) in [6.07, 6.45) is 2.56. The molecule has 8 heteroatoms. The van der Waals surface area contributed by atoms with Crippen LogP contribution in [0.25, 0.3) is 17.3 Å². The van der Waals surface area contributed by atoms with Crippen LogP contribution in [0.3, 0.4) is 0 Å². The smallest absolute Gasteiger partial charge is 0.273 e. The van der Waals surface area contributed by atoms with E-state index in [1.54, 1.807) is 12.1 Å². The van der Waals surface area contributed by atoms with Crippen molar-refractivity contribution in [1.29, 1.82) is 5.26 Å². The van der Waals surface area contributed by atoms with Gasteiger partial charge in [-0.2, -0.15) is 5.26 Å². The molecule has 0 saturated heterocycles. The van der Waals surface area contributed by atoms with Crippen LogP contribution in [0.15, 0.2) is 53.3 Å². The molecule has 0 aliphatic carbocycles.